The van der Waals surface area contributed by atoms with Crippen LogP contribution in [0.15, 0.2) is 23.2 Å². The Balaban J connectivity index is 2.05. The molecule has 23 heavy (non-hydrogen) atoms. The van der Waals surface area contributed by atoms with Gasteiger partial charge in [-0.2, -0.15) is 0 Å². The summed E-state index contributed by atoms with van der Waals surface area (Å²) in [6, 6.07) is 5.64. The molecule has 0 amide bonds. The van der Waals surface area contributed by atoms with E-state index in [0.717, 1.165) is 50.0 Å². The molecule has 0 aromatic heterocycles. The largest absolute Gasteiger partial charge is 0.496 e. The lowest BCUT2D eigenvalue weighted by atomic mass is 10.1. The van der Waals surface area contributed by atoms with E-state index < -0.39 is 0 Å². The van der Waals surface area contributed by atoms with Crippen molar-refractivity contribution in [1.82, 2.24) is 10.2 Å². The molecule has 1 atom stereocenters. The van der Waals surface area contributed by atoms with Crippen molar-refractivity contribution in [1.29, 1.82) is 0 Å². The van der Waals surface area contributed by atoms with Crippen molar-refractivity contribution >= 4 is 17.6 Å². The minimum Gasteiger partial charge on any atom is -0.496 e. The molecule has 6 heteroatoms. The van der Waals surface area contributed by atoms with Gasteiger partial charge in [0.2, 0.25) is 0 Å². The molecule has 0 spiro atoms. The Bertz CT molecular complexity index is 531. The third kappa shape index (κ3) is 5.29. The maximum Gasteiger partial charge on any atom is 0.193 e. The maximum absolute atomic E-state index is 6.01. The third-order valence-corrected chi connectivity index (χ3v) is 4.14. The summed E-state index contributed by atoms with van der Waals surface area (Å²) in [6.45, 7) is 6.12. The first-order chi connectivity index (χ1) is 11.1. The summed E-state index contributed by atoms with van der Waals surface area (Å²) in [4.78, 5) is 6.90. The van der Waals surface area contributed by atoms with E-state index in [-0.39, 0.29) is 0 Å². The Morgan fingerprint density at radius 1 is 1.52 bits per heavy atom. The average molecular weight is 340 g/mol. The van der Waals surface area contributed by atoms with Gasteiger partial charge in [0.25, 0.3) is 0 Å². The molecule has 2 rings (SSSR count). The quantitative estimate of drug-likeness (QED) is 0.639. The van der Waals surface area contributed by atoms with Gasteiger partial charge in [0, 0.05) is 43.2 Å². The van der Waals surface area contributed by atoms with Crippen molar-refractivity contribution in [2.45, 2.75) is 19.9 Å². The van der Waals surface area contributed by atoms with Crippen LogP contribution in [0.25, 0.3) is 0 Å². The second-order valence-corrected chi connectivity index (χ2v) is 6.17. The zero-order valence-corrected chi connectivity index (χ0v) is 14.9. The van der Waals surface area contributed by atoms with Crippen LogP contribution in [-0.2, 0) is 11.3 Å². The maximum atomic E-state index is 6.01. The molecular formula is C17H26ClN3O2. The normalized spacial score (nSPS) is 18.1. The van der Waals surface area contributed by atoms with E-state index in [1.165, 1.54) is 0 Å². The second kappa shape index (κ2) is 8.99. The number of hydrogen-bond donors (Lipinski definition) is 1. The lowest BCUT2D eigenvalue weighted by Gasteiger charge is -2.24. The highest BCUT2D eigenvalue weighted by molar-refractivity contribution is 6.30. The van der Waals surface area contributed by atoms with Gasteiger partial charge in [-0.25, -0.2) is 4.99 Å². The monoisotopic (exact) mass is 339 g/mol. The summed E-state index contributed by atoms with van der Waals surface area (Å²) < 4.78 is 10.8. The van der Waals surface area contributed by atoms with Gasteiger partial charge in [0.1, 0.15) is 5.75 Å². The predicted octanol–water partition coefficient (Wildman–Crippen LogP) is 2.78. The van der Waals surface area contributed by atoms with Crippen LogP contribution in [0.5, 0.6) is 5.75 Å². The van der Waals surface area contributed by atoms with Crippen LogP contribution >= 0.6 is 11.6 Å². The van der Waals surface area contributed by atoms with E-state index in [4.69, 9.17) is 26.1 Å². The van der Waals surface area contributed by atoms with Gasteiger partial charge in [-0.05, 0) is 25.5 Å². The van der Waals surface area contributed by atoms with Crippen molar-refractivity contribution in [3.63, 3.8) is 0 Å². The van der Waals surface area contributed by atoms with Gasteiger partial charge < -0.3 is 19.7 Å². The average Bonchev–Trinajstić information content (AvgIpc) is 3.05. The zero-order valence-electron chi connectivity index (χ0n) is 14.1. The number of aliphatic imine (C=N–C) groups is 1. The van der Waals surface area contributed by atoms with Crippen molar-refractivity contribution in [2.24, 2.45) is 10.9 Å². The van der Waals surface area contributed by atoms with Crippen LogP contribution in [0.4, 0.5) is 0 Å². The van der Waals surface area contributed by atoms with Gasteiger partial charge in [-0.15, -0.1) is 0 Å². The first-order valence-electron chi connectivity index (χ1n) is 8.03. The Morgan fingerprint density at radius 2 is 2.35 bits per heavy atom. The van der Waals surface area contributed by atoms with E-state index in [9.17, 15) is 0 Å². The fourth-order valence-electron chi connectivity index (χ4n) is 2.68. The summed E-state index contributed by atoms with van der Waals surface area (Å²) in [7, 11) is 3.72. The topological polar surface area (TPSA) is 46.1 Å². The lowest BCUT2D eigenvalue weighted by molar-refractivity contribution is 0.181. The molecule has 1 saturated heterocycles. The number of ether oxygens (including phenoxy) is 2. The lowest BCUT2D eigenvalue weighted by Crippen LogP contribution is -2.41. The highest BCUT2D eigenvalue weighted by Crippen LogP contribution is 2.23. The molecule has 1 aromatic carbocycles. The van der Waals surface area contributed by atoms with E-state index >= 15 is 0 Å². The molecule has 1 fully saturated rings. The first-order valence-corrected chi connectivity index (χ1v) is 8.41. The van der Waals surface area contributed by atoms with Crippen molar-refractivity contribution in [3.8, 4) is 5.75 Å². The highest BCUT2D eigenvalue weighted by Gasteiger charge is 2.19. The molecule has 5 nitrogen and oxygen atoms in total. The van der Waals surface area contributed by atoms with Crippen molar-refractivity contribution in [2.75, 3.05) is 40.5 Å². The number of hydrogen-bond acceptors (Lipinski definition) is 3. The molecule has 0 bridgehead atoms. The summed E-state index contributed by atoms with van der Waals surface area (Å²) in [5.74, 6) is 2.24. The Hall–Kier alpha value is -1.46. The summed E-state index contributed by atoms with van der Waals surface area (Å²) >= 11 is 6.01. The minimum absolute atomic E-state index is 0.550. The summed E-state index contributed by atoms with van der Waals surface area (Å²) in [5.41, 5.74) is 1.02. The summed E-state index contributed by atoms with van der Waals surface area (Å²) in [6.07, 6.45) is 1.12. The molecule has 0 saturated carbocycles. The molecular weight excluding hydrogens is 314 g/mol. The van der Waals surface area contributed by atoms with E-state index in [1.807, 2.05) is 18.2 Å². The first kappa shape index (κ1) is 17.9. The minimum atomic E-state index is 0.550. The van der Waals surface area contributed by atoms with Crippen molar-refractivity contribution in [3.05, 3.63) is 28.8 Å². The number of halogens is 1. The fraction of sp³-hybridized carbons (Fsp3) is 0.588. The number of methoxy groups -OCH3 is 1. The van der Waals surface area contributed by atoms with Crippen LogP contribution < -0.4 is 10.1 Å². The van der Waals surface area contributed by atoms with Crippen molar-refractivity contribution < 1.29 is 9.47 Å². The van der Waals surface area contributed by atoms with Crippen LogP contribution in [0.2, 0.25) is 5.02 Å². The van der Waals surface area contributed by atoms with Gasteiger partial charge >= 0.3 is 0 Å². The van der Waals surface area contributed by atoms with Crippen LogP contribution in [0.3, 0.4) is 0 Å². The standard InChI is InChI=1S/C17H26ClN3O2/c1-4-19-17(21(2)11-13-7-8-23-12-13)20-10-14-5-6-15(18)9-16(14)22-3/h5-6,9,13H,4,7-8,10-12H2,1-3H3,(H,19,20). The van der Waals surface area contributed by atoms with Gasteiger partial charge in [0.05, 0.1) is 20.3 Å². The second-order valence-electron chi connectivity index (χ2n) is 5.74. The molecule has 1 aliphatic heterocycles. The van der Waals surface area contributed by atoms with E-state index in [0.29, 0.717) is 17.5 Å². The Morgan fingerprint density at radius 3 is 3.00 bits per heavy atom. The number of nitrogens with one attached hydrogen (secondary N) is 1. The molecule has 128 valence electrons. The number of nitrogens with zero attached hydrogens (tertiary/aromatic N) is 2. The zero-order chi connectivity index (χ0) is 16.7. The molecule has 0 radical (unpaired) electrons. The van der Waals surface area contributed by atoms with Crippen LogP contribution in [0.1, 0.15) is 18.9 Å². The number of benzene rings is 1. The third-order valence-electron chi connectivity index (χ3n) is 3.90. The Kier molecular flexibility index (Phi) is 6.99. The molecule has 1 aliphatic rings. The molecule has 1 aromatic rings. The predicted molar refractivity (Wildman–Crippen MR) is 94.4 cm³/mol. The van der Waals surface area contributed by atoms with E-state index in [2.05, 4.69) is 24.2 Å². The molecule has 0 aliphatic carbocycles. The van der Waals surface area contributed by atoms with Gasteiger partial charge in [0.15, 0.2) is 5.96 Å². The highest BCUT2D eigenvalue weighted by atomic mass is 35.5. The van der Waals surface area contributed by atoms with Crippen LogP contribution in [-0.4, -0.2) is 51.3 Å². The fourth-order valence-corrected chi connectivity index (χ4v) is 2.84. The summed E-state index contributed by atoms with van der Waals surface area (Å²) in [5, 5.41) is 4.01. The molecule has 1 unspecified atom stereocenters. The smallest absolute Gasteiger partial charge is 0.193 e. The van der Waals surface area contributed by atoms with E-state index in [1.54, 1.807) is 7.11 Å². The molecule has 1 N–H and O–H groups in total. The SMILES string of the molecule is CCNC(=NCc1ccc(Cl)cc1OC)N(C)CC1CCOC1. The number of rotatable bonds is 6. The van der Waals surface area contributed by atoms with Crippen LogP contribution in [0, 0.1) is 5.92 Å². The van der Waals surface area contributed by atoms with Gasteiger partial charge in [-0.3, -0.25) is 0 Å². The molecule has 1 heterocycles. The Labute approximate surface area is 143 Å². The number of guanidine groups is 1. The van der Waals surface area contributed by atoms with Gasteiger partial charge in [-0.1, -0.05) is 17.7 Å².